The lowest BCUT2D eigenvalue weighted by Gasteiger charge is -2.30. The fourth-order valence-electron chi connectivity index (χ4n) is 4.27. The summed E-state index contributed by atoms with van der Waals surface area (Å²) in [5, 5.41) is 15.9. The first-order valence-electron chi connectivity index (χ1n) is 12.4. The summed E-state index contributed by atoms with van der Waals surface area (Å²) in [6.45, 7) is 2.48. The standard InChI is InChI=1S/C28H28Cl2N4O5/c1-38-26-9-5-20(15-27(26)39-18-21-4-8-24(29)25(30)14-21)16-31-32-28(35)22-10-12-33(13-11-22)17-19-2-6-23(7-3-19)34(36)37/h2-9,14-16,22H,10-13,17-18H2,1H3,(H,32,35)/b31-16+. The van der Waals surface area contributed by atoms with Gasteiger partial charge in [-0.2, -0.15) is 5.10 Å². The Morgan fingerprint density at radius 2 is 1.77 bits per heavy atom. The second-order valence-corrected chi connectivity index (χ2v) is 9.97. The molecule has 4 rings (SSSR count). The lowest BCUT2D eigenvalue weighted by atomic mass is 9.96. The Morgan fingerprint density at radius 1 is 1.05 bits per heavy atom. The van der Waals surface area contributed by atoms with E-state index >= 15 is 0 Å². The molecule has 0 aliphatic carbocycles. The number of benzene rings is 3. The van der Waals surface area contributed by atoms with Crippen molar-refractivity contribution in [2.24, 2.45) is 11.0 Å². The van der Waals surface area contributed by atoms with E-state index < -0.39 is 4.92 Å². The molecule has 0 unspecified atom stereocenters. The van der Waals surface area contributed by atoms with Crippen molar-refractivity contribution in [2.45, 2.75) is 26.0 Å². The van der Waals surface area contributed by atoms with Crippen LogP contribution in [-0.4, -0.2) is 42.1 Å². The molecule has 1 amide bonds. The van der Waals surface area contributed by atoms with Crippen molar-refractivity contribution in [3.05, 3.63) is 97.5 Å². The third-order valence-electron chi connectivity index (χ3n) is 6.47. The molecule has 0 aromatic heterocycles. The molecule has 0 bridgehead atoms. The van der Waals surface area contributed by atoms with Crippen LogP contribution < -0.4 is 14.9 Å². The van der Waals surface area contributed by atoms with Gasteiger partial charge in [0.15, 0.2) is 11.5 Å². The number of nitro groups is 1. The van der Waals surface area contributed by atoms with Gasteiger partial charge in [0.05, 0.1) is 28.3 Å². The number of rotatable bonds is 10. The molecule has 3 aromatic rings. The van der Waals surface area contributed by atoms with Crippen molar-refractivity contribution < 1.29 is 19.2 Å². The molecule has 1 aliphatic heterocycles. The number of carbonyl (C=O) groups excluding carboxylic acids is 1. The number of hydrogen-bond donors (Lipinski definition) is 1. The Balaban J connectivity index is 1.26. The molecule has 1 N–H and O–H groups in total. The minimum Gasteiger partial charge on any atom is -0.493 e. The number of hydrogen-bond acceptors (Lipinski definition) is 7. The van der Waals surface area contributed by atoms with Gasteiger partial charge in [-0.15, -0.1) is 0 Å². The number of amides is 1. The molecular weight excluding hydrogens is 543 g/mol. The number of non-ortho nitro benzene ring substituents is 1. The molecule has 0 atom stereocenters. The van der Waals surface area contributed by atoms with E-state index in [-0.39, 0.29) is 24.1 Å². The van der Waals surface area contributed by atoms with Crippen LogP contribution in [0.5, 0.6) is 11.5 Å². The van der Waals surface area contributed by atoms with Gasteiger partial charge in [0.25, 0.3) is 5.69 Å². The number of likely N-dealkylation sites (tertiary alicyclic amines) is 1. The average Bonchev–Trinajstić information content (AvgIpc) is 2.94. The highest BCUT2D eigenvalue weighted by molar-refractivity contribution is 6.42. The largest absolute Gasteiger partial charge is 0.493 e. The van der Waals surface area contributed by atoms with Crippen LogP contribution in [0, 0.1) is 16.0 Å². The topological polar surface area (TPSA) is 106 Å². The molecule has 204 valence electrons. The SMILES string of the molecule is COc1ccc(/C=N/NC(=O)C2CCN(Cc3ccc([N+](=O)[O-])cc3)CC2)cc1OCc1ccc(Cl)c(Cl)c1. The van der Waals surface area contributed by atoms with Crippen molar-refractivity contribution in [1.82, 2.24) is 10.3 Å². The number of carbonyl (C=O) groups is 1. The second kappa shape index (κ2) is 13.4. The third-order valence-corrected chi connectivity index (χ3v) is 7.21. The van der Waals surface area contributed by atoms with Gasteiger partial charge in [-0.3, -0.25) is 19.8 Å². The number of piperidine rings is 1. The summed E-state index contributed by atoms with van der Waals surface area (Å²) in [5.41, 5.74) is 5.33. The monoisotopic (exact) mass is 570 g/mol. The predicted molar refractivity (Wildman–Crippen MR) is 151 cm³/mol. The van der Waals surface area contributed by atoms with Crippen LogP contribution in [0.25, 0.3) is 0 Å². The van der Waals surface area contributed by atoms with E-state index in [1.165, 1.54) is 12.1 Å². The summed E-state index contributed by atoms with van der Waals surface area (Å²) in [6.07, 6.45) is 2.99. The van der Waals surface area contributed by atoms with E-state index in [2.05, 4.69) is 15.4 Å². The van der Waals surface area contributed by atoms with E-state index in [0.29, 0.717) is 40.9 Å². The van der Waals surface area contributed by atoms with Gasteiger partial charge in [0, 0.05) is 24.6 Å². The Hall–Kier alpha value is -3.66. The smallest absolute Gasteiger partial charge is 0.269 e. The van der Waals surface area contributed by atoms with Crippen molar-refractivity contribution >= 4 is 41.0 Å². The highest BCUT2D eigenvalue weighted by Gasteiger charge is 2.25. The Labute approximate surface area is 236 Å². The summed E-state index contributed by atoms with van der Waals surface area (Å²) in [6, 6.07) is 17.2. The number of ether oxygens (including phenoxy) is 2. The lowest BCUT2D eigenvalue weighted by molar-refractivity contribution is -0.384. The Morgan fingerprint density at radius 3 is 2.44 bits per heavy atom. The zero-order valence-electron chi connectivity index (χ0n) is 21.3. The zero-order chi connectivity index (χ0) is 27.8. The van der Waals surface area contributed by atoms with Crippen LogP contribution >= 0.6 is 23.2 Å². The van der Waals surface area contributed by atoms with E-state index in [1.807, 2.05) is 12.1 Å². The quantitative estimate of drug-likeness (QED) is 0.186. The van der Waals surface area contributed by atoms with Gasteiger partial charge in [-0.05, 0) is 73.0 Å². The van der Waals surface area contributed by atoms with Crippen molar-refractivity contribution in [3.8, 4) is 11.5 Å². The molecule has 0 saturated carbocycles. The van der Waals surface area contributed by atoms with Gasteiger partial charge in [0.1, 0.15) is 6.61 Å². The van der Waals surface area contributed by atoms with Crippen LogP contribution in [0.2, 0.25) is 10.0 Å². The van der Waals surface area contributed by atoms with E-state index in [1.54, 1.807) is 49.7 Å². The first-order chi connectivity index (χ1) is 18.8. The van der Waals surface area contributed by atoms with Crippen LogP contribution in [0.15, 0.2) is 65.8 Å². The summed E-state index contributed by atoms with van der Waals surface area (Å²) >= 11 is 12.1. The number of nitrogens with zero attached hydrogens (tertiary/aromatic N) is 3. The predicted octanol–water partition coefficient (Wildman–Crippen LogP) is 5.85. The highest BCUT2D eigenvalue weighted by Crippen LogP contribution is 2.29. The zero-order valence-corrected chi connectivity index (χ0v) is 22.8. The summed E-state index contributed by atoms with van der Waals surface area (Å²) in [5.74, 6) is 0.845. The third kappa shape index (κ3) is 7.92. The number of nitrogens with one attached hydrogen (secondary N) is 1. The number of hydrazone groups is 1. The van der Waals surface area contributed by atoms with Gasteiger partial charge < -0.3 is 9.47 Å². The molecule has 0 radical (unpaired) electrons. The molecule has 3 aromatic carbocycles. The maximum absolute atomic E-state index is 12.7. The maximum atomic E-state index is 12.7. The second-order valence-electron chi connectivity index (χ2n) is 9.16. The molecule has 11 heteroatoms. The molecule has 1 heterocycles. The molecule has 9 nitrogen and oxygen atoms in total. The van der Waals surface area contributed by atoms with E-state index in [9.17, 15) is 14.9 Å². The molecule has 0 spiro atoms. The van der Waals surface area contributed by atoms with Gasteiger partial charge in [-0.1, -0.05) is 41.4 Å². The molecule has 39 heavy (non-hydrogen) atoms. The fraction of sp³-hybridized carbons (Fsp3) is 0.286. The minimum absolute atomic E-state index is 0.0800. The van der Waals surface area contributed by atoms with E-state index in [0.717, 1.165) is 29.8 Å². The molecule has 1 fully saturated rings. The fourth-order valence-corrected chi connectivity index (χ4v) is 4.59. The summed E-state index contributed by atoms with van der Waals surface area (Å²) in [4.78, 5) is 25.3. The average molecular weight is 571 g/mol. The molecular formula is C28H28Cl2N4O5. The van der Waals surface area contributed by atoms with Gasteiger partial charge in [0.2, 0.25) is 5.91 Å². The van der Waals surface area contributed by atoms with Crippen molar-refractivity contribution in [3.63, 3.8) is 0 Å². The Kier molecular flexibility index (Phi) is 9.75. The van der Waals surface area contributed by atoms with Crippen LogP contribution in [-0.2, 0) is 17.9 Å². The lowest BCUT2D eigenvalue weighted by Crippen LogP contribution is -2.39. The van der Waals surface area contributed by atoms with Crippen molar-refractivity contribution in [1.29, 1.82) is 0 Å². The Bertz CT molecular complexity index is 1340. The minimum atomic E-state index is -0.405. The van der Waals surface area contributed by atoms with Crippen LogP contribution in [0.1, 0.15) is 29.5 Å². The highest BCUT2D eigenvalue weighted by atomic mass is 35.5. The summed E-state index contributed by atoms with van der Waals surface area (Å²) in [7, 11) is 1.56. The van der Waals surface area contributed by atoms with Crippen LogP contribution in [0.4, 0.5) is 5.69 Å². The maximum Gasteiger partial charge on any atom is 0.269 e. The molecule has 1 saturated heterocycles. The van der Waals surface area contributed by atoms with Gasteiger partial charge in [-0.25, -0.2) is 5.43 Å². The first-order valence-corrected chi connectivity index (χ1v) is 13.1. The van der Waals surface area contributed by atoms with E-state index in [4.69, 9.17) is 32.7 Å². The first kappa shape index (κ1) is 28.4. The number of halogens is 2. The number of methoxy groups -OCH3 is 1. The summed E-state index contributed by atoms with van der Waals surface area (Å²) < 4.78 is 11.3. The normalized spacial score (nSPS) is 14.3. The molecule has 1 aliphatic rings. The van der Waals surface area contributed by atoms with Crippen LogP contribution in [0.3, 0.4) is 0 Å². The van der Waals surface area contributed by atoms with Gasteiger partial charge >= 0.3 is 0 Å². The van der Waals surface area contributed by atoms with Crippen molar-refractivity contribution in [2.75, 3.05) is 20.2 Å². The number of nitro benzene ring substituents is 1.